The molecule has 2 aromatic rings. The Kier molecular flexibility index (Phi) is 8.18. The zero-order valence-corrected chi connectivity index (χ0v) is 17.6. The number of anilines is 3. The Morgan fingerprint density at radius 1 is 0.931 bits per heavy atom. The highest BCUT2D eigenvalue weighted by molar-refractivity contribution is 5.91. The van der Waals surface area contributed by atoms with Gasteiger partial charge in [-0.25, -0.2) is 5.06 Å². The Morgan fingerprint density at radius 3 is 2.00 bits per heavy atom. The van der Waals surface area contributed by atoms with Crippen molar-refractivity contribution in [3.63, 3.8) is 0 Å². The van der Waals surface area contributed by atoms with Crippen LogP contribution in [0.2, 0.25) is 0 Å². The molecule has 0 aliphatic heterocycles. The second kappa shape index (κ2) is 10.6. The van der Waals surface area contributed by atoms with Gasteiger partial charge in [0.05, 0.1) is 6.54 Å². The molecule has 2 rings (SSSR count). The number of nitrogens with zero attached hydrogens (tertiary/aromatic N) is 3. The van der Waals surface area contributed by atoms with Crippen LogP contribution in [0.15, 0.2) is 48.5 Å². The van der Waals surface area contributed by atoms with Crippen LogP contribution in [0, 0.1) is 0 Å². The Hall–Kier alpha value is -2.90. The topological polar surface area (TPSA) is 76.1 Å². The Morgan fingerprint density at radius 2 is 1.48 bits per heavy atom. The van der Waals surface area contributed by atoms with E-state index in [1.54, 1.807) is 11.9 Å². The fraction of sp³-hybridized carbons (Fsp3) is 0.364. The summed E-state index contributed by atoms with van der Waals surface area (Å²) in [7, 11) is 5.65. The zero-order valence-electron chi connectivity index (χ0n) is 17.6. The van der Waals surface area contributed by atoms with Crippen molar-refractivity contribution in [3.8, 4) is 0 Å². The maximum atomic E-state index is 12.0. The Labute approximate surface area is 172 Å². The zero-order chi connectivity index (χ0) is 21.4. The fourth-order valence-electron chi connectivity index (χ4n) is 2.75. The molecule has 2 aromatic carbocycles. The van der Waals surface area contributed by atoms with Crippen LogP contribution >= 0.6 is 0 Å². The first-order valence-corrected chi connectivity index (χ1v) is 9.60. The smallest absolute Gasteiger partial charge is 0.246 e. The van der Waals surface area contributed by atoms with Crippen LogP contribution in [0.1, 0.15) is 25.3 Å². The quantitative estimate of drug-likeness (QED) is 0.500. The van der Waals surface area contributed by atoms with Crippen LogP contribution in [0.4, 0.5) is 17.1 Å². The van der Waals surface area contributed by atoms with Gasteiger partial charge in [-0.2, -0.15) is 0 Å². The number of amides is 2. The van der Waals surface area contributed by atoms with Crippen LogP contribution < -0.4 is 10.2 Å². The van der Waals surface area contributed by atoms with Crippen LogP contribution in [0.5, 0.6) is 0 Å². The minimum absolute atomic E-state index is 0.0181. The van der Waals surface area contributed by atoms with E-state index in [4.69, 9.17) is 0 Å². The normalized spacial score (nSPS) is 10.7. The summed E-state index contributed by atoms with van der Waals surface area (Å²) in [6, 6.07) is 15.1. The Balaban J connectivity index is 1.88. The fourth-order valence-corrected chi connectivity index (χ4v) is 2.75. The predicted molar refractivity (Wildman–Crippen MR) is 115 cm³/mol. The van der Waals surface area contributed by atoms with Crippen molar-refractivity contribution in [2.75, 3.05) is 37.9 Å². The van der Waals surface area contributed by atoms with E-state index < -0.39 is 0 Å². The van der Waals surface area contributed by atoms with Gasteiger partial charge in [-0.1, -0.05) is 12.1 Å². The van der Waals surface area contributed by atoms with Gasteiger partial charge in [-0.3, -0.25) is 14.8 Å². The van der Waals surface area contributed by atoms with Gasteiger partial charge in [0.1, 0.15) is 0 Å². The molecule has 0 aliphatic rings. The molecule has 0 heterocycles. The van der Waals surface area contributed by atoms with E-state index >= 15 is 0 Å². The standard InChI is InChI=1S/C22H30N4O3/c1-17(27)25(4)21-13-11-20(12-14-21)23-19-9-7-18(8-10-19)16-26(29)22(28)6-5-15-24(2)3/h7-14,23,29H,5-6,15-16H2,1-4H3. The van der Waals surface area contributed by atoms with E-state index in [1.165, 1.54) is 6.92 Å². The third kappa shape index (κ3) is 7.21. The van der Waals surface area contributed by atoms with Crippen LogP contribution in [-0.2, 0) is 16.1 Å². The van der Waals surface area contributed by atoms with Gasteiger partial charge in [-0.05, 0) is 69.0 Å². The van der Waals surface area contributed by atoms with Crippen molar-refractivity contribution < 1.29 is 14.8 Å². The molecule has 7 heteroatoms. The van der Waals surface area contributed by atoms with E-state index in [1.807, 2.05) is 67.5 Å². The van der Waals surface area contributed by atoms with Crippen molar-refractivity contribution in [1.82, 2.24) is 9.96 Å². The highest BCUT2D eigenvalue weighted by Crippen LogP contribution is 2.21. The molecule has 7 nitrogen and oxygen atoms in total. The predicted octanol–water partition coefficient (Wildman–Crippen LogP) is 3.47. The van der Waals surface area contributed by atoms with Crippen molar-refractivity contribution in [2.24, 2.45) is 0 Å². The first-order chi connectivity index (χ1) is 13.8. The van der Waals surface area contributed by atoms with Gasteiger partial charge < -0.3 is 15.1 Å². The minimum Gasteiger partial charge on any atom is -0.356 e. The molecule has 0 atom stereocenters. The monoisotopic (exact) mass is 398 g/mol. The van der Waals surface area contributed by atoms with Gasteiger partial charge in [-0.15, -0.1) is 0 Å². The summed E-state index contributed by atoms with van der Waals surface area (Å²) in [6.07, 6.45) is 1.04. The summed E-state index contributed by atoms with van der Waals surface area (Å²) in [5.74, 6) is -0.292. The van der Waals surface area contributed by atoms with Crippen LogP contribution in [-0.4, -0.2) is 54.7 Å². The molecular formula is C22H30N4O3. The number of hydrogen-bond donors (Lipinski definition) is 2. The summed E-state index contributed by atoms with van der Waals surface area (Å²) >= 11 is 0. The molecule has 0 spiro atoms. The molecule has 0 aromatic heterocycles. The lowest BCUT2D eigenvalue weighted by molar-refractivity contribution is -0.168. The third-order valence-electron chi connectivity index (χ3n) is 4.59. The van der Waals surface area contributed by atoms with Gasteiger partial charge in [0, 0.05) is 37.5 Å². The summed E-state index contributed by atoms with van der Waals surface area (Å²) in [6.45, 7) is 2.50. The van der Waals surface area contributed by atoms with E-state index in [-0.39, 0.29) is 18.4 Å². The summed E-state index contributed by atoms with van der Waals surface area (Å²) in [4.78, 5) is 27.0. The first-order valence-electron chi connectivity index (χ1n) is 9.60. The third-order valence-corrected chi connectivity index (χ3v) is 4.59. The van der Waals surface area contributed by atoms with Crippen LogP contribution in [0.3, 0.4) is 0 Å². The van der Waals surface area contributed by atoms with Gasteiger partial charge in [0.15, 0.2) is 0 Å². The van der Waals surface area contributed by atoms with E-state index in [0.29, 0.717) is 12.8 Å². The molecule has 0 saturated carbocycles. The highest BCUT2D eigenvalue weighted by atomic mass is 16.5. The second-order valence-electron chi connectivity index (χ2n) is 7.31. The molecule has 0 saturated heterocycles. The molecule has 2 N–H and O–H groups in total. The van der Waals surface area contributed by atoms with Gasteiger partial charge in [0.2, 0.25) is 11.8 Å². The maximum absolute atomic E-state index is 12.0. The highest BCUT2D eigenvalue weighted by Gasteiger charge is 2.11. The number of hydrogen-bond acceptors (Lipinski definition) is 5. The number of carbonyl (C=O) groups excluding carboxylic acids is 2. The van der Waals surface area contributed by atoms with Gasteiger partial charge in [0.25, 0.3) is 0 Å². The number of benzene rings is 2. The molecule has 0 radical (unpaired) electrons. The lowest BCUT2D eigenvalue weighted by Crippen LogP contribution is -2.27. The molecule has 0 bridgehead atoms. The molecule has 156 valence electrons. The van der Waals surface area contributed by atoms with E-state index in [2.05, 4.69) is 5.32 Å². The molecule has 0 aliphatic carbocycles. The molecule has 0 fully saturated rings. The van der Waals surface area contributed by atoms with Crippen molar-refractivity contribution in [2.45, 2.75) is 26.3 Å². The lowest BCUT2D eigenvalue weighted by atomic mass is 10.2. The number of hydroxylamine groups is 2. The Bertz CT molecular complexity index is 804. The molecule has 0 unspecified atom stereocenters. The average Bonchev–Trinajstić information content (AvgIpc) is 2.69. The number of nitrogens with one attached hydrogen (secondary N) is 1. The summed E-state index contributed by atoms with van der Waals surface area (Å²) < 4.78 is 0. The van der Waals surface area contributed by atoms with Crippen molar-refractivity contribution in [1.29, 1.82) is 0 Å². The largest absolute Gasteiger partial charge is 0.356 e. The minimum atomic E-state index is -0.273. The van der Waals surface area contributed by atoms with Crippen molar-refractivity contribution in [3.05, 3.63) is 54.1 Å². The summed E-state index contributed by atoms with van der Waals surface area (Å²) in [5.41, 5.74) is 3.47. The SMILES string of the molecule is CC(=O)N(C)c1ccc(Nc2ccc(CN(O)C(=O)CCCN(C)C)cc2)cc1. The average molecular weight is 399 g/mol. The number of rotatable bonds is 9. The molecular weight excluding hydrogens is 368 g/mol. The number of carbonyl (C=O) groups is 2. The van der Waals surface area contributed by atoms with E-state index in [0.717, 1.165) is 34.2 Å². The maximum Gasteiger partial charge on any atom is 0.246 e. The molecule has 2 amide bonds. The van der Waals surface area contributed by atoms with E-state index in [9.17, 15) is 14.8 Å². The van der Waals surface area contributed by atoms with Gasteiger partial charge >= 0.3 is 0 Å². The summed E-state index contributed by atoms with van der Waals surface area (Å²) in [5, 5.41) is 14.0. The molecule has 29 heavy (non-hydrogen) atoms. The second-order valence-corrected chi connectivity index (χ2v) is 7.31. The van der Waals surface area contributed by atoms with Crippen molar-refractivity contribution >= 4 is 28.9 Å². The lowest BCUT2D eigenvalue weighted by Gasteiger charge is -2.17. The first kappa shape index (κ1) is 22.4. The van der Waals surface area contributed by atoms with Crippen LogP contribution in [0.25, 0.3) is 0 Å².